The molecule has 1 atom stereocenters. The average Bonchev–Trinajstić information content (AvgIpc) is 1.89. The van der Waals surface area contributed by atoms with E-state index in [1.54, 1.807) is 0 Å². The zero-order chi connectivity index (χ0) is 6.69. The number of alkyl halides is 1. The summed E-state index contributed by atoms with van der Waals surface area (Å²) >= 11 is 3.51. The molecule has 1 aliphatic rings. The molecule has 1 fully saturated rings. The van der Waals surface area contributed by atoms with Gasteiger partial charge in [0.1, 0.15) is 0 Å². The first-order valence-electron chi connectivity index (χ1n) is 3.61. The highest BCUT2D eigenvalue weighted by Gasteiger charge is 2.16. The number of piperidine rings is 1. The molecule has 0 aromatic heterocycles. The fourth-order valence-electron chi connectivity index (χ4n) is 1.34. The summed E-state index contributed by atoms with van der Waals surface area (Å²) in [6, 6.07) is 0.804. The van der Waals surface area contributed by atoms with Crippen LogP contribution in [0.15, 0.2) is 0 Å². The van der Waals surface area contributed by atoms with Crippen LogP contribution in [0.1, 0.15) is 19.3 Å². The van der Waals surface area contributed by atoms with Crippen LogP contribution in [0.2, 0.25) is 0 Å². The van der Waals surface area contributed by atoms with Crippen molar-refractivity contribution in [2.75, 3.05) is 18.9 Å². The van der Waals surface area contributed by atoms with E-state index in [0.29, 0.717) is 0 Å². The molecule has 0 amide bonds. The first kappa shape index (κ1) is 7.55. The molecule has 54 valence electrons. The Kier molecular flexibility index (Phi) is 2.99. The molecule has 1 rings (SSSR count). The molecule has 0 unspecified atom stereocenters. The minimum absolute atomic E-state index is 0.804. The van der Waals surface area contributed by atoms with Gasteiger partial charge in [-0.25, -0.2) is 0 Å². The number of nitrogens with zero attached hydrogens (tertiary/aromatic N) is 1. The topological polar surface area (TPSA) is 3.24 Å². The number of hydrogen-bond acceptors (Lipinski definition) is 1. The lowest BCUT2D eigenvalue weighted by Gasteiger charge is -2.30. The van der Waals surface area contributed by atoms with Crippen LogP contribution in [-0.4, -0.2) is 29.9 Å². The molecule has 9 heavy (non-hydrogen) atoms. The molecular weight excluding hydrogens is 178 g/mol. The van der Waals surface area contributed by atoms with Crippen LogP contribution in [0.4, 0.5) is 0 Å². The Labute approximate surface area is 65.6 Å². The zero-order valence-electron chi connectivity index (χ0n) is 5.94. The second-order valence-electron chi connectivity index (χ2n) is 2.78. The Bertz CT molecular complexity index is 85.0. The van der Waals surface area contributed by atoms with Crippen molar-refractivity contribution < 1.29 is 0 Å². The van der Waals surface area contributed by atoms with Crippen LogP contribution in [0.3, 0.4) is 0 Å². The minimum Gasteiger partial charge on any atom is -0.303 e. The van der Waals surface area contributed by atoms with Crippen molar-refractivity contribution in [2.24, 2.45) is 0 Å². The third-order valence-corrected chi connectivity index (χ3v) is 2.85. The van der Waals surface area contributed by atoms with Crippen molar-refractivity contribution in [2.45, 2.75) is 25.3 Å². The highest BCUT2D eigenvalue weighted by Crippen LogP contribution is 2.15. The predicted octanol–water partition coefficient (Wildman–Crippen LogP) is 1.87. The molecule has 1 nitrogen and oxygen atoms in total. The molecule has 0 aromatic carbocycles. The number of rotatable bonds is 1. The molecule has 0 saturated carbocycles. The Balaban J connectivity index is 2.30. The zero-order valence-corrected chi connectivity index (χ0v) is 7.52. The van der Waals surface area contributed by atoms with Gasteiger partial charge in [0.05, 0.1) is 0 Å². The molecule has 0 radical (unpaired) electrons. The summed E-state index contributed by atoms with van der Waals surface area (Å²) in [4.78, 5) is 2.44. The SMILES string of the molecule is CN1CCCC[C@@H]1CBr. The fourth-order valence-corrected chi connectivity index (χ4v) is 2.16. The van der Waals surface area contributed by atoms with E-state index in [4.69, 9.17) is 0 Å². The second kappa shape index (κ2) is 3.57. The standard InChI is InChI=1S/C7H14BrN/c1-9-5-3-2-4-7(9)6-8/h7H,2-6H2,1H3/t7-/m1/s1. The lowest BCUT2D eigenvalue weighted by Crippen LogP contribution is -2.37. The van der Waals surface area contributed by atoms with E-state index < -0.39 is 0 Å². The van der Waals surface area contributed by atoms with Crippen molar-refractivity contribution in [1.82, 2.24) is 4.90 Å². The Hall–Kier alpha value is 0.440. The second-order valence-corrected chi connectivity index (χ2v) is 3.43. The Morgan fingerprint density at radius 2 is 2.33 bits per heavy atom. The summed E-state index contributed by atoms with van der Waals surface area (Å²) in [5.74, 6) is 0. The number of likely N-dealkylation sites (tertiary alicyclic amines) is 1. The van der Waals surface area contributed by atoms with Crippen LogP contribution in [-0.2, 0) is 0 Å². The van der Waals surface area contributed by atoms with Crippen molar-refractivity contribution in [3.63, 3.8) is 0 Å². The normalized spacial score (nSPS) is 30.7. The maximum atomic E-state index is 3.51. The van der Waals surface area contributed by atoms with Gasteiger partial charge in [-0.3, -0.25) is 0 Å². The smallest absolute Gasteiger partial charge is 0.0189 e. The van der Waals surface area contributed by atoms with Crippen molar-refractivity contribution in [3.05, 3.63) is 0 Å². The van der Waals surface area contributed by atoms with Crippen LogP contribution in [0, 0.1) is 0 Å². The quantitative estimate of drug-likeness (QED) is 0.573. The van der Waals surface area contributed by atoms with Crippen LogP contribution >= 0.6 is 15.9 Å². The summed E-state index contributed by atoms with van der Waals surface area (Å²) in [6.07, 6.45) is 4.18. The van der Waals surface area contributed by atoms with E-state index in [0.717, 1.165) is 11.4 Å². The van der Waals surface area contributed by atoms with Gasteiger partial charge >= 0.3 is 0 Å². The van der Waals surface area contributed by atoms with E-state index in [-0.39, 0.29) is 0 Å². The van der Waals surface area contributed by atoms with Crippen molar-refractivity contribution in [3.8, 4) is 0 Å². The Morgan fingerprint density at radius 1 is 1.56 bits per heavy atom. The first-order chi connectivity index (χ1) is 4.34. The van der Waals surface area contributed by atoms with Gasteiger partial charge in [0.2, 0.25) is 0 Å². The minimum atomic E-state index is 0.804. The highest BCUT2D eigenvalue weighted by atomic mass is 79.9. The van der Waals surface area contributed by atoms with Gasteiger partial charge in [-0.15, -0.1) is 0 Å². The average molecular weight is 192 g/mol. The lowest BCUT2D eigenvalue weighted by atomic mass is 10.1. The van der Waals surface area contributed by atoms with E-state index in [2.05, 4.69) is 27.9 Å². The Morgan fingerprint density at radius 3 is 2.78 bits per heavy atom. The maximum absolute atomic E-state index is 3.51. The predicted molar refractivity (Wildman–Crippen MR) is 44.1 cm³/mol. The third kappa shape index (κ3) is 1.94. The molecule has 1 saturated heterocycles. The molecule has 1 heterocycles. The number of hydrogen-bond donors (Lipinski definition) is 0. The van der Waals surface area contributed by atoms with E-state index in [1.165, 1.54) is 25.8 Å². The molecular formula is C7H14BrN. The monoisotopic (exact) mass is 191 g/mol. The molecule has 0 N–H and O–H groups in total. The van der Waals surface area contributed by atoms with Gasteiger partial charge in [0.15, 0.2) is 0 Å². The first-order valence-corrected chi connectivity index (χ1v) is 4.73. The summed E-state index contributed by atoms with van der Waals surface area (Å²) in [7, 11) is 2.21. The van der Waals surface area contributed by atoms with Gasteiger partial charge < -0.3 is 4.90 Å². The van der Waals surface area contributed by atoms with Gasteiger partial charge in [-0.2, -0.15) is 0 Å². The summed E-state index contributed by atoms with van der Waals surface area (Å²) < 4.78 is 0. The van der Waals surface area contributed by atoms with Gasteiger partial charge in [0, 0.05) is 11.4 Å². The number of halogens is 1. The van der Waals surface area contributed by atoms with E-state index >= 15 is 0 Å². The lowest BCUT2D eigenvalue weighted by molar-refractivity contribution is 0.205. The highest BCUT2D eigenvalue weighted by molar-refractivity contribution is 9.09. The van der Waals surface area contributed by atoms with Gasteiger partial charge in [0.25, 0.3) is 0 Å². The molecule has 0 aliphatic carbocycles. The van der Waals surface area contributed by atoms with Crippen molar-refractivity contribution >= 4 is 15.9 Å². The van der Waals surface area contributed by atoms with Crippen LogP contribution < -0.4 is 0 Å². The van der Waals surface area contributed by atoms with Gasteiger partial charge in [-0.05, 0) is 26.4 Å². The van der Waals surface area contributed by atoms with E-state index in [9.17, 15) is 0 Å². The van der Waals surface area contributed by atoms with E-state index in [1.807, 2.05) is 0 Å². The molecule has 0 bridgehead atoms. The fraction of sp³-hybridized carbons (Fsp3) is 1.00. The van der Waals surface area contributed by atoms with Gasteiger partial charge in [-0.1, -0.05) is 22.4 Å². The molecule has 0 spiro atoms. The van der Waals surface area contributed by atoms with Crippen LogP contribution in [0.5, 0.6) is 0 Å². The third-order valence-electron chi connectivity index (χ3n) is 2.10. The molecule has 2 heteroatoms. The maximum Gasteiger partial charge on any atom is 0.0189 e. The summed E-state index contributed by atoms with van der Waals surface area (Å²) in [6.45, 7) is 1.29. The molecule has 1 aliphatic heterocycles. The van der Waals surface area contributed by atoms with Crippen molar-refractivity contribution in [1.29, 1.82) is 0 Å². The summed E-state index contributed by atoms with van der Waals surface area (Å²) in [5, 5.41) is 1.14. The van der Waals surface area contributed by atoms with Crippen LogP contribution in [0.25, 0.3) is 0 Å². The summed E-state index contributed by atoms with van der Waals surface area (Å²) in [5.41, 5.74) is 0. The molecule has 0 aromatic rings. The largest absolute Gasteiger partial charge is 0.303 e.